The van der Waals surface area contributed by atoms with Crippen LogP contribution in [0.25, 0.3) is 0 Å². The molecule has 0 saturated heterocycles. The highest BCUT2D eigenvalue weighted by atomic mass is 32.2. The van der Waals surface area contributed by atoms with E-state index in [1.54, 1.807) is 31.2 Å². The lowest BCUT2D eigenvalue weighted by Crippen LogP contribution is -2.35. The zero-order chi connectivity index (χ0) is 11.5. The highest BCUT2D eigenvalue weighted by molar-refractivity contribution is 7.86. The van der Waals surface area contributed by atoms with Gasteiger partial charge in [-0.1, -0.05) is 19.1 Å². The average Bonchev–Trinajstić information content (AvgIpc) is 2.15. The Hall–Kier alpha value is -1.11. The van der Waals surface area contributed by atoms with Gasteiger partial charge in [-0.05, 0) is 17.7 Å². The van der Waals surface area contributed by atoms with Crippen LogP contribution in [-0.4, -0.2) is 19.3 Å². The van der Waals surface area contributed by atoms with Crippen LogP contribution in [0.2, 0.25) is 0 Å². The Labute approximate surface area is 89.9 Å². The molecule has 4 N–H and O–H groups in total. The SMILES string of the molecule is CCN(Cc1ccc(N)cc1)S(N)(=O)=O. The van der Waals surface area contributed by atoms with E-state index in [0.29, 0.717) is 12.2 Å². The largest absolute Gasteiger partial charge is 0.399 e. The fourth-order valence-electron chi connectivity index (χ4n) is 1.21. The first kappa shape index (κ1) is 12.0. The fourth-order valence-corrected chi connectivity index (χ4v) is 1.90. The van der Waals surface area contributed by atoms with E-state index < -0.39 is 10.2 Å². The second-order valence-electron chi connectivity index (χ2n) is 3.21. The van der Waals surface area contributed by atoms with E-state index in [1.807, 2.05) is 0 Å². The van der Waals surface area contributed by atoms with Crippen LogP contribution < -0.4 is 10.9 Å². The van der Waals surface area contributed by atoms with Crippen LogP contribution in [0.5, 0.6) is 0 Å². The van der Waals surface area contributed by atoms with Gasteiger partial charge in [-0.15, -0.1) is 0 Å². The lowest BCUT2D eigenvalue weighted by molar-refractivity contribution is 0.424. The van der Waals surface area contributed by atoms with Crippen molar-refractivity contribution in [3.8, 4) is 0 Å². The molecular formula is C9H15N3O2S. The number of benzene rings is 1. The highest BCUT2D eigenvalue weighted by Gasteiger charge is 2.14. The maximum absolute atomic E-state index is 11.1. The summed E-state index contributed by atoms with van der Waals surface area (Å²) in [6.07, 6.45) is 0. The summed E-state index contributed by atoms with van der Waals surface area (Å²) >= 11 is 0. The molecule has 6 heteroatoms. The number of anilines is 1. The average molecular weight is 229 g/mol. The van der Waals surface area contributed by atoms with Crippen molar-refractivity contribution in [2.24, 2.45) is 5.14 Å². The van der Waals surface area contributed by atoms with Crippen molar-refractivity contribution in [3.63, 3.8) is 0 Å². The first-order chi connectivity index (χ1) is 6.93. The van der Waals surface area contributed by atoms with E-state index in [2.05, 4.69) is 0 Å². The normalized spacial score (nSPS) is 11.9. The molecule has 5 nitrogen and oxygen atoms in total. The van der Waals surface area contributed by atoms with Crippen LogP contribution in [0, 0.1) is 0 Å². The minimum atomic E-state index is -3.62. The number of hydrogen-bond acceptors (Lipinski definition) is 3. The Morgan fingerprint density at radius 3 is 2.20 bits per heavy atom. The molecule has 15 heavy (non-hydrogen) atoms. The number of nitrogens with zero attached hydrogens (tertiary/aromatic N) is 1. The summed E-state index contributed by atoms with van der Waals surface area (Å²) in [6, 6.07) is 7.02. The van der Waals surface area contributed by atoms with Crippen LogP contribution in [0.15, 0.2) is 24.3 Å². The molecule has 0 amide bonds. The standard InChI is InChI=1S/C9H15N3O2S/c1-2-12(15(11,13)14)7-8-3-5-9(10)6-4-8/h3-6H,2,7,10H2,1H3,(H2,11,13,14). The summed E-state index contributed by atoms with van der Waals surface area (Å²) in [4.78, 5) is 0. The summed E-state index contributed by atoms with van der Waals surface area (Å²) in [7, 11) is -3.62. The van der Waals surface area contributed by atoms with E-state index in [0.717, 1.165) is 5.56 Å². The summed E-state index contributed by atoms with van der Waals surface area (Å²) in [6.45, 7) is 2.36. The van der Waals surface area contributed by atoms with Crippen LogP contribution >= 0.6 is 0 Å². The highest BCUT2D eigenvalue weighted by Crippen LogP contribution is 2.09. The fraction of sp³-hybridized carbons (Fsp3) is 0.333. The van der Waals surface area contributed by atoms with E-state index >= 15 is 0 Å². The van der Waals surface area contributed by atoms with Crippen LogP contribution in [0.1, 0.15) is 12.5 Å². The zero-order valence-electron chi connectivity index (χ0n) is 8.55. The molecule has 1 rings (SSSR count). The van der Waals surface area contributed by atoms with E-state index in [1.165, 1.54) is 4.31 Å². The smallest absolute Gasteiger partial charge is 0.277 e. The van der Waals surface area contributed by atoms with Crippen molar-refractivity contribution in [2.75, 3.05) is 12.3 Å². The van der Waals surface area contributed by atoms with Gasteiger partial charge in [0.15, 0.2) is 0 Å². The quantitative estimate of drug-likeness (QED) is 0.727. The van der Waals surface area contributed by atoms with Gasteiger partial charge in [0.2, 0.25) is 0 Å². The van der Waals surface area contributed by atoms with Crippen LogP contribution in [0.4, 0.5) is 5.69 Å². The molecule has 1 aromatic carbocycles. The number of nitrogens with two attached hydrogens (primary N) is 2. The first-order valence-corrected chi connectivity index (χ1v) is 6.06. The van der Waals surface area contributed by atoms with Crippen molar-refractivity contribution in [1.82, 2.24) is 4.31 Å². The number of rotatable bonds is 4. The third kappa shape index (κ3) is 3.50. The molecule has 0 atom stereocenters. The molecule has 0 heterocycles. The number of hydrogen-bond donors (Lipinski definition) is 2. The van der Waals surface area contributed by atoms with Gasteiger partial charge < -0.3 is 5.73 Å². The summed E-state index contributed by atoms with van der Waals surface area (Å²) in [5.41, 5.74) is 7.03. The van der Waals surface area contributed by atoms with E-state index in [4.69, 9.17) is 10.9 Å². The van der Waals surface area contributed by atoms with Gasteiger partial charge in [-0.2, -0.15) is 12.7 Å². The molecular weight excluding hydrogens is 214 g/mol. The van der Waals surface area contributed by atoms with Gasteiger partial charge in [0, 0.05) is 18.8 Å². The Morgan fingerprint density at radius 1 is 1.27 bits per heavy atom. The molecule has 0 radical (unpaired) electrons. The lowest BCUT2D eigenvalue weighted by atomic mass is 10.2. The Morgan fingerprint density at radius 2 is 1.80 bits per heavy atom. The minimum Gasteiger partial charge on any atom is -0.399 e. The van der Waals surface area contributed by atoms with Crippen molar-refractivity contribution < 1.29 is 8.42 Å². The third-order valence-corrected chi connectivity index (χ3v) is 3.16. The Kier molecular flexibility index (Phi) is 3.67. The predicted molar refractivity (Wildman–Crippen MR) is 60.0 cm³/mol. The van der Waals surface area contributed by atoms with Crippen LogP contribution in [0.3, 0.4) is 0 Å². The molecule has 0 aromatic heterocycles. The van der Waals surface area contributed by atoms with Gasteiger partial charge >= 0.3 is 0 Å². The Bertz CT molecular complexity index is 413. The van der Waals surface area contributed by atoms with Crippen molar-refractivity contribution in [2.45, 2.75) is 13.5 Å². The molecule has 0 spiro atoms. The summed E-state index contributed by atoms with van der Waals surface area (Å²) < 4.78 is 23.4. The monoisotopic (exact) mass is 229 g/mol. The third-order valence-electron chi connectivity index (χ3n) is 2.05. The molecule has 0 aliphatic rings. The topological polar surface area (TPSA) is 89.4 Å². The predicted octanol–water partition coefficient (Wildman–Crippen LogP) is 0.294. The molecule has 0 bridgehead atoms. The van der Waals surface area contributed by atoms with Crippen molar-refractivity contribution >= 4 is 15.9 Å². The van der Waals surface area contributed by atoms with Gasteiger partial charge in [-0.3, -0.25) is 0 Å². The van der Waals surface area contributed by atoms with E-state index in [9.17, 15) is 8.42 Å². The molecule has 0 fully saturated rings. The van der Waals surface area contributed by atoms with E-state index in [-0.39, 0.29) is 6.54 Å². The second-order valence-corrected chi connectivity index (χ2v) is 4.76. The van der Waals surface area contributed by atoms with Gasteiger partial charge in [0.05, 0.1) is 0 Å². The maximum Gasteiger partial charge on any atom is 0.277 e. The van der Waals surface area contributed by atoms with Gasteiger partial charge in [0.25, 0.3) is 10.2 Å². The maximum atomic E-state index is 11.1. The Balaban J connectivity index is 2.80. The lowest BCUT2D eigenvalue weighted by Gasteiger charge is -2.17. The zero-order valence-corrected chi connectivity index (χ0v) is 9.37. The van der Waals surface area contributed by atoms with Gasteiger partial charge in [0.1, 0.15) is 0 Å². The molecule has 0 aliphatic carbocycles. The summed E-state index contributed by atoms with van der Waals surface area (Å²) in [5.74, 6) is 0. The first-order valence-electron chi connectivity index (χ1n) is 4.55. The number of nitrogen functional groups attached to an aromatic ring is 1. The van der Waals surface area contributed by atoms with Gasteiger partial charge in [-0.25, -0.2) is 5.14 Å². The molecule has 0 saturated carbocycles. The molecule has 1 aromatic rings. The molecule has 0 unspecified atom stereocenters. The van der Waals surface area contributed by atoms with Crippen molar-refractivity contribution in [3.05, 3.63) is 29.8 Å². The molecule has 84 valence electrons. The molecule has 0 aliphatic heterocycles. The van der Waals surface area contributed by atoms with Crippen LogP contribution in [-0.2, 0) is 16.8 Å². The minimum absolute atomic E-state index is 0.273. The summed E-state index contributed by atoms with van der Waals surface area (Å²) in [5, 5.41) is 5.04. The second kappa shape index (κ2) is 4.61. The van der Waals surface area contributed by atoms with Crippen molar-refractivity contribution in [1.29, 1.82) is 0 Å².